The molecule has 4 N–H and O–H groups in total. The number of methoxy groups -OCH3 is 1. The summed E-state index contributed by atoms with van der Waals surface area (Å²) < 4.78 is 16.2. The molecule has 1 aliphatic heterocycles. The third-order valence-corrected chi connectivity index (χ3v) is 5.92. The van der Waals surface area contributed by atoms with Crippen LogP contribution < -0.4 is 20.7 Å². The molecular weight excluding hydrogens is 478 g/mol. The van der Waals surface area contributed by atoms with Crippen LogP contribution in [0.2, 0.25) is 0 Å². The molecule has 1 unspecified atom stereocenters. The average Bonchev–Trinajstić information content (AvgIpc) is 2.91. The van der Waals surface area contributed by atoms with Gasteiger partial charge in [-0.05, 0) is 30.2 Å². The van der Waals surface area contributed by atoms with E-state index in [0.717, 1.165) is 11.1 Å². The summed E-state index contributed by atoms with van der Waals surface area (Å²) in [6, 6.07) is 14.0. The molecule has 3 rings (SSSR count). The molecule has 200 valence electrons. The number of aliphatic hydroxyl groups excluding tert-OH is 1. The fraction of sp³-hybridized carbons (Fsp3) is 0.444. The van der Waals surface area contributed by atoms with E-state index in [0.29, 0.717) is 25.4 Å². The van der Waals surface area contributed by atoms with Crippen LogP contribution >= 0.6 is 0 Å². The Balaban J connectivity index is 1.68. The first-order valence-electron chi connectivity index (χ1n) is 12.3. The van der Waals surface area contributed by atoms with E-state index >= 15 is 0 Å². The van der Waals surface area contributed by atoms with Gasteiger partial charge in [0.25, 0.3) is 0 Å². The summed E-state index contributed by atoms with van der Waals surface area (Å²) in [5.74, 6) is -1.11. The standard InChI is InChI=1S/C27H35N3O7/c1-18(31)25(30-24(32)15-22-16-28-12-13-36-22)26(33)29-23(14-19-8-10-21(35-2)11-9-19)27(34)37-17-20-6-4-3-5-7-20/h3-11,18,22-23,25,28,31H,12-17H2,1-2H3,(H,29,33)(H,30,32)/t18-,22?,23+,25+/m1/s1. The number of ether oxygens (including phenoxy) is 3. The number of esters is 1. The van der Waals surface area contributed by atoms with E-state index < -0.39 is 36.0 Å². The highest BCUT2D eigenvalue weighted by Gasteiger charge is 2.31. The van der Waals surface area contributed by atoms with Crippen molar-refractivity contribution in [3.05, 3.63) is 65.7 Å². The molecule has 0 bridgehead atoms. The number of morpholine rings is 1. The van der Waals surface area contributed by atoms with Crippen LogP contribution in [0.5, 0.6) is 5.75 Å². The number of carbonyl (C=O) groups is 3. The van der Waals surface area contributed by atoms with Crippen molar-refractivity contribution in [3.63, 3.8) is 0 Å². The topological polar surface area (TPSA) is 135 Å². The first-order valence-corrected chi connectivity index (χ1v) is 12.3. The Hall–Kier alpha value is -3.47. The second kappa shape index (κ2) is 14.3. The lowest BCUT2D eigenvalue weighted by Gasteiger charge is -2.26. The van der Waals surface area contributed by atoms with Crippen LogP contribution in [-0.2, 0) is 36.9 Å². The quantitative estimate of drug-likeness (QED) is 0.305. The summed E-state index contributed by atoms with van der Waals surface area (Å²) in [5.41, 5.74) is 1.57. The van der Waals surface area contributed by atoms with Crippen LogP contribution in [0.3, 0.4) is 0 Å². The molecule has 37 heavy (non-hydrogen) atoms. The van der Waals surface area contributed by atoms with Crippen LogP contribution in [0.15, 0.2) is 54.6 Å². The van der Waals surface area contributed by atoms with Gasteiger partial charge in [-0.25, -0.2) is 4.79 Å². The first kappa shape index (κ1) is 28.1. The Bertz CT molecular complexity index is 1010. The molecule has 2 aromatic carbocycles. The number of amides is 2. The Morgan fingerprint density at radius 1 is 1.08 bits per heavy atom. The molecular formula is C27H35N3O7. The molecule has 2 amide bonds. The number of rotatable bonds is 12. The number of hydrogen-bond acceptors (Lipinski definition) is 8. The normalized spacial score (nSPS) is 17.6. The highest BCUT2D eigenvalue weighted by atomic mass is 16.5. The average molecular weight is 514 g/mol. The minimum Gasteiger partial charge on any atom is -0.497 e. The fourth-order valence-electron chi connectivity index (χ4n) is 3.88. The van der Waals surface area contributed by atoms with Crippen LogP contribution in [0.25, 0.3) is 0 Å². The predicted molar refractivity (Wildman–Crippen MR) is 136 cm³/mol. The molecule has 0 aliphatic carbocycles. The zero-order valence-electron chi connectivity index (χ0n) is 21.1. The van der Waals surface area contributed by atoms with Gasteiger partial charge in [0.1, 0.15) is 24.4 Å². The second-order valence-corrected chi connectivity index (χ2v) is 8.89. The van der Waals surface area contributed by atoms with Crippen LogP contribution in [0.4, 0.5) is 0 Å². The molecule has 4 atom stereocenters. The Labute approximate surface area is 216 Å². The first-order chi connectivity index (χ1) is 17.9. The van der Waals surface area contributed by atoms with Gasteiger partial charge in [-0.2, -0.15) is 0 Å². The van der Waals surface area contributed by atoms with Crippen molar-refractivity contribution in [1.82, 2.24) is 16.0 Å². The van der Waals surface area contributed by atoms with E-state index in [1.807, 2.05) is 30.3 Å². The predicted octanol–water partition coefficient (Wildman–Crippen LogP) is 0.710. The number of aliphatic hydroxyl groups is 1. The summed E-state index contributed by atoms with van der Waals surface area (Å²) >= 11 is 0. The second-order valence-electron chi connectivity index (χ2n) is 8.89. The van der Waals surface area contributed by atoms with Gasteiger partial charge in [-0.3, -0.25) is 9.59 Å². The summed E-state index contributed by atoms with van der Waals surface area (Å²) in [5, 5.41) is 18.6. The fourth-order valence-corrected chi connectivity index (χ4v) is 3.88. The molecule has 0 aromatic heterocycles. The number of nitrogens with one attached hydrogen (secondary N) is 3. The molecule has 10 nitrogen and oxygen atoms in total. The lowest BCUT2D eigenvalue weighted by Crippen LogP contribution is -2.56. The summed E-state index contributed by atoms with van der Waals surface area (Å²) in [6.45, 7) is 3.18. The summed E-state index contributed by atoms with van der Waals surface area (Å²) in [6.07, 6.45) is -1.33. The van der Waals surface area contributed by atoms with Crippen molar-refractivity contribution >= 4 is 17.8 Å². The molecule has 10 heteroatoms. The molecule has 0 saturated carbocycles. The van der Waals surface area contributed by atoms with Crippen molar-refractivity contribution in [2.75, 3.05) is 26.8 Å². The van der Waals surface area contributed by atoms with Crippen molar-refractivity contribution in [2.24, 2.45) is 0 Å². The molecule has 1 heterocycles. The van der Waals surface area contributed by atoms with Crippen molar-refractivity contribution in [3.8, 4) is 5.75 Å². The molecule has 0 spiro atoms. The minimum absolute atomic E-state index is 0.0396. The Morgan fingerprint density at radius 2 is 1.81 bits per heavy atom. The lowest BCUT2D eigenvalue weighted by atomic mass is 10.0. The van der Waals surface area contributed by atoms with Gasteiger partial charge >= 0.3 is 5.97 Å². The molecule has 1 aliphatic rings. The van der Waals surface area contributed by atoms with Crippen LogP contribution in [-0.4, -0.2) is 74.0 Å². The zero-order chi connectivity index (χ0) is 26.6. The van der Waals surface area contributed by atoms with Crippen LogP contribution in [0, 0.1) is 0 Å². The Morgan fingerprint density at radius 3 is 2.43 bits per heavy atom. The Kier molecular flexibility index (Phi) is 10.9. The highest BCUT2D eigenvalue weighted by Crippen LogP contribution is 2.14. The lowest BCUT2D eigenvalue weighted by molar-refractivity contribution is -0.149. The number of hydrogen-bond donors (Lipinski definition) is 4. The van der Waals surface area contributed by atoms with Gasteiger partial charge in [0, 0.05) is 19.5 Å². The van der Waals surface area contributed by atoms with E-state index in [2.05, 4.69) is 16.0 Å². The monoisotopic (exact) mass is 513 g/mol. The van der Waals surface area contributed by atoms with Gasteiger partial charge in [0.05, 0.1) is 32.3 Å². The SMILES string of the molecule is COc1ccc(C[C@H](NC(=O)[C@@H](NC(=O)CC2CNCCO2)[C@@H](C)O)C(=O)OCc2ccccc2)cc1. The maximum absolute atomic E-state index is 13.1. The largest absolute Gasteiger partial charge is 0.497 e. The molecule has 1 fully saturated rings. The zero-order valence-corrected chi connectivity index (χ0v) is 21.1. The van der Waals surface area contributed by atoms with E-state index in [-0.39, 0.29) is 25.6 Å². The smallest absolute Gasteiger partial charge is 0.329 e. The molecule has 2 aromatic rings. The third-order valence-electron chi connectivity index (χ3n) is 5.92. The maximum Gasteiger partial charge on any atom is 0.329 e. The highest BCUT2D eigenvalue weighted by molar-refractivity contribution is 5.91. The van der Waals surface area contributed by atoms with E-state index in [1.54, 1.807) is 31.4 Å². The molecule has 1 saturated heterocycles. The van der Waals surface area contributed by atoms with Gasteiger partial charge in [-0.15, -0.1) is 0 Å². The van der Waals surface area contributed by atoms with E-state index in [9.17, 15) is 19.5 Å². The van der Waals surface area contributed by atoms with E-state index in [1.165, 1.54) is 6.92 Å². The maximum atomic E-state index is 13.1. The van der Waals surface area contributed by atoms with Crippen LogP contribution in [0.1, 0.15) is 24.5 Å². The molecule has 0 radical (unpaired) electrons. The van der Waals surface area contributed by atoms with Gasteiger partial charge in [0.15, 0.2) is 0 Å². The number of carbonyl (C=O) groups excluding carboxylic acids is 3. The third kappa shape index (κ3) is 9.16. The summed E-state index contributed by atoms with van der Waals surface area (Å²) in [4.78, 5) is 38.7. The van der Waals surface area contributed by atoms with Crippen molar-refractivity contribution in [1.29, 1.82) is 0 Å². The summed E-state index contributed by atoms with van der Waals surface area (Å²) in [7, 11) is 1.56. The van der Waals surface area contributed by atoms with Gasteiger partial charge in [-0.1, -0.05) is 42.5 Å². The van der Waals surface area contributed by atoms with Gasteiger partial charge < -0.3 is 35.3 Å². The van der Waals surface area contributed by atoms with E-state index in [4.69, 9.17) is 14.2 Å². The number of benzene rings is 2. The van der Waals surface area contributed by atoms with Gasteiger partial charge in [0.2, 0.25) is 11.8 Å². The minimum atomic E-state index is -1.26. The van der Waals surface area contributed by atoms with Crippen molar-refractivity contribution in [2.45, 2.75) is 50.7 Å². The van der Waals surface area contributed by atoms with Crippen molar-refractivity contribution < 1.29 is 33.7 Å².